The summed E-state index contributed by atoms with van der Waals surface area (Å²) < 4.78 is 15.7. The zero-order valence-electron chi connectivity index (χ0n) is 12.8. The summed E-state index contributed by atoms with van der Waals surface area (Å²) in [5.41, 5.74) is 1.31. The van der Waals surface area contributed by atoms with Crippen molar-refractivity contribution in [3.8, 4) is 0 Å². The van der Waals surface area contributed by atoms with Crippen molar-refractivity contribution in [3.63, 3.8) is 0 Å². The molecule has 0 fully saturated rings. The van der Waals surface area contributed by atoms with Crippen LogP contribution in [-0.2, 0) is 19.0 Å². The topological polar surface area (TPSA) is 61.8 Å². The first-order chi connectivity index (χ1) is 10.1. The zero-order chi connectivity index (χ0) is 15.7. The average molecular weight is 294 g/mol. The van der Waals surface area contributed by atoms with Crippen molar-refractivity contribution in [1.82, 2.24) is 0 Å². The third-order valence-corrected chi connectivity index (χ3v) is 2.75. The molecule has 0 unspecified atom stereocenters. The lowest BCUT2D eigenvalue weighted by Crippen LogP contribution is -2.12. The normalized spacial score (nSPS) is 10.7. The van der Waals surface area contributed by atoms with Gasteiger partial charge in [0.25, 0.3) is 0 Å². The summed E-state index contributed by atoms with van der Waals surface area (Å²) in [6, 6.07) is 6.88. The first kappa shape index (κ1) is 17.3. The zero-order valence-corrected chi connectivity index (χ0v) is 12.8. The van der Waals surface area contributed by atoms with E-state index in [-0.39, 0.29) is 18.8 Å². The summed E-state index contributed by atoms with van der Waals surface area (Å²) in [5.74, 6) is -0.766. The van der Waals surface area contributed by atoms with Gasteiger partial charge < -0.3 is 14.2 Å². The van der Waals surface area contributed by atoms with Crippen LogP contribution in [-0.4, -0.2) is 31.6 Å². The molecule has 1 aromatic rings. The fraction of sp³-hybridized carbons (Fsp3) is 0.500. The van der Waals surface area contributed by atoms with Crippen molar-refractivity contribution in [1.29, 1.82) is 0 Å². The third-order valence-electron chi connectivity index (χ3n) is 2.75. The van der Waals surface area contributed by atoms with Crippen LogP contribution in [0.3, 0.4) is 0 Å². The van der Waals surface area contributed by atoms with Crippen LogP contribution < -0.4 is 0 Å². The number of hydrogen-bond acceptors (Lipinski definition) is 5. The predicted molar refractivity (Wildman–Crippen MR) is 78.0 cm³/mol. The third kappa shape index (κ3) is 5.65. The molecule has 0 radical (unpaired) electrons. The predicted octanol–water partition coefficient (Wildman–Crippen LogP) is 2.89. The molecule has 0 spiro atoms. The minimum Gasteiger partial charge on any atom is -0.466 e. The lowest BCUT2D eigenvalue weighted by atomic mass is 10.1. The van der Waals surface area contributed by atoms with E-state index in [0.29, 0.717) is 18.8 Å². The molecule has 116 valence electrons. The van der Waals surface area contributed by atoms with Gasteiger partial charge in [-0.05, 0) is 20.8 Å². The van der Waals surface area contributed by atoms with E-state index >= 15 is 0 Å². The first-order valence-corrected chi connectivity index (χ1v) is 7.14. The van der Waals surface area contributed by atoms with Gasteiger partial charge in [-0.2, -0.15) is 0 Å². The lowest BCUT2D eigenvalue weighted by molar-refractivity contribution is -0.142. The molecule has 0 bridgehead atoms. The Morgan fingerprint density at radius 3 is 2.00 bits per heavy atom. The fourth-order valence-electron chi connectivity index (χ4n) is 1.81. The van der Waals surface area contributed by atoms with Crippen LogP contribution in [0.1, 0.15) is 49.4 Å². The van der Waals surface area contributed by atoms with E-state index in [4.69, 9.17) is 14.2 Å². The molecule has 0 N–H and O–H groups in total. The molecule has 0 saturated heterocycles. The minimum atomic E-state index is -0.506. The van der Waals surface area contributed by atoms with Crippen molar-refractivity contribution in [2.24, 2.45) is 0 Å². The van der Waals surface area contributed by atoms with Gasteiger partial charge in [0, 0.05) is 24.3 Å². The summed E-state index contributed by atoms with van der Waals surface area (Å²) in [7, 11) is 0. The second-order valence-corrected chi connectivity index (χ2v) is 4.27. The highest BCUT2D eigenvalue weighted by Crippen LogP contribution is 2.20. The second kappa shape index (κ2) is 9.26. The Balaban J connectivity index is 2.72. The molecule has 0 aromatic heterocycles. The summed E-state index contributed by atoms with van der Waals surface area (Å²) in [6.45, 7) is 6.84. The van der Waals surface area contributed by atoms with Gasteiger partial charge in [-0.3, -0.25) is 9.59 Å². The monoisotopic (exact) mass is 294 g/mol. The lowest BCUT2D eigenvalue weighted by Gasteiger charge is -2.17. The SMILES string of the molecule is CCOC(=O)CC(=O)c1ccc(C(OCC)OCC)cc1. The molecule has 1 aromatic carbocycles. The van der Waals surface area contributed by atoms with Crippen LogP contribution in [0.5, 0.6) is 0 Å². The number of carbonyl (C=O) groups is 2. The van der Waals surface area contributed by atoms with Crippen molar-refractivity contribution in [2.75, 3.05) is 19.8 Å². The highest BCUT2D eigenvalue weighted by Gasteiger charge is 2.15. The summed E-state index contributed by atoms with van der Waals surface area (Å²) in [4.78, 5) is 23.2. The van der Waals surface area contributed by atoms with Gasteiger partial charge in [0.15, 0.2) is 12.1 Å². The summed E-state index contributed by atoms with van der Waals surface area (Å²) in [6.07, 6.45) is -0.678. The van der Waals surface area contributed by atoms with Crippen LogP contribution in [0.2, 0.25) is 0 Å². The number of ether oxygens (including phenoxy) is 3. The number of rotatable bonds is 9. The van der Waals surface area contributed by atoms with Gasteiger partial charge in [0.05, 0.1) is 6.61 Å². The van der Waals surface area contributed by atoms with E-state index in [0.717, 1.165) is 5.56 Å². The molecule has 0 aliphatic carbocycles. The quantitative estimate of drug-likeness (QED) is 0.303. The maximum absolute atomic E-state index is 11.9. The molecule has 5 heteroatoms. The average Bonchev–Trinajstić information content (AvgIpc) is 2.47. The van der Waals surface area contributed by atoms with Crippen LogP contribution >= 0.6 is 0 Å². The van der Waals surface area contributed by atoms with E-state index in [1.54, 1.807) is 31.2 Å². The standard InChI is InChI=1S/C16H22O5/c1-4-19-15(18)11-14(17)12-7-9-13(10-8-12)16(20-5-2)21-6-3/h7-10,16H,4-6,11H2,1-3H3. The Morgan fingerprint density at radius 1 is 0.952 bits per heavy atom. The van der Waals surface area contributed by atoms with E-state index in [1.165, 1.54) is 0 Å². The first-order valence-electron chi connectivity index (χ1n) is 7.14. The summed E-state index contributed by atoms with van der Waals surface area (Å²) in [5, 5.41) is 0. The maximum Gasteiger partial charge on any atom is 0.313 e. The molecule has 0 aliphatic rings. The van der Waals surface area contributed by atoms with E-state index in [2.05, 4.69) is 0 Å². The Kier molecular flexibility index (Phi) is 7.64. The molecular formula is C16H22O5. The van der Waals surface area contributed by atoms with Crippen LogP contribution in [0.15, 0.2) is 24.3 Å². The van der Waals surface area contributed by atoms with Crippen molar-refractivity contribution < 1.29 is 23.8 Å². The van der Waals surface area contributed by atoms with Crippen LogP contribution in [0.25, 0.3) is 0 Å². The van der Waals surface area contributed by atoms with Crippen LogP contribution in [0, 0.1) is 0 Å². The van der Waals surface area contributed by atoms with Gasteiger partial charge >= 0.3 is 5.97 Å². The maximum atomic E-state index is 11.9. The van der Waals surface area contributed by atoms with Gasteiger partial charge in [0.2, 0.25) is 0 Å². The van der Waals surface area contributed by atoms with Crippen LogP contribution in [0.4, 0.5) is 0 Å². The molecule has 5 nitrogen and oxygen atoms in total. The number of benzene rings is 1. The molecule has 0 saturated carbocycles. The number of ketones is 1. The molecule has 0 aliphatic heterocycles. The highest BCUT2D eigenvalue weighted by atomic mass is 16.7. The largest absolute Gasteiger partial charge is 0.466 e. The Labute approximate surface area is 125 Å². The molecular weight excluding hydrogens is 272 g/mol. The van der Waals surface area contributed by atoms with E-state index in [1.807, 2.05) is 13.8 Å². The molecule has 21 heavy (non-hydrogen) atoms. The molecule has 1 rings (SSSR count). The Hall–Kier alpha value is -1.72. The Bertz CT molecular complexity index is 446. The van der Waals surface area contributed by atoms with E-state index in [9.17, 15) is 9.59 Å². The minimum absolute atomic E-state index is 0.243. The van der Waals surface area contributed by atoms with Gasteiger partial charge in [-0.1, -0.05) is 24.3 Å². The molecule has 0 atom stereocenters. The smallest absolute Gasteiger partial charge is 0.313 e. The molecule has 0 heterocycles. The van der Waals surface area contributed by atoms with E-state index < -0.39 is 12.3 Å². The molecule has 0 amide bonds. The van der Waals surface area contributed by atoms with Crippen molar-refractivity contribution in [2.45, 2.75) is 33.5 Å². The highest BCUT2D eigenvalue weighted by molar-refractivity contribution is 6.05. The fourth-order valence-corrected chi connectivity index (χ4v) is 1.81. The van der Waals surface area contributed by atoms with Crippen molar-refractivity contribution >= 4 is 11.8 Å². The van der Waals surface area contributed by atoms with Gasteiger partial charge in [0.1, 0.15) is 6.42 Å². The summed E-state index contributed by atoms with van der Waals surface area (Å²) >= 11 is 0. The number of Topliss-reactive ketones (excluding diaryl/α,β-unsaturated/α-hetero) is 1. The second-order valence-electron chi connectivity index (χ2n) is 4.27. The number of esters is 1. The number of carbonyl (C=O) groups excluding carboxylic acids is 2. The Morgan fingerprint density at radius 2 is 1.52 bits per heavy atom. The van der Waals surface area contributed by atoms with Gasteiger partial charge in [-0.25, -0.2) is 0 Å². The van der Waals surface area contributed by atoms with Gasteiger partial charge in [-0.15, -0.1) is 0 Å². The number of hydrogen-bond donors (Lipinski definition) is 0. The van der Waals surface area contributed by atoms with Crippen molar-refractivity contribution in [3.05, 3.63) is 35.4 Å².